The third kappa shape index (κ3) is 13.8. The standard InChI is InChI=1S/C29H60N2O5S/c1-6-7-8-9-10-11-12-13-14-15-16-17-18-19-20-21-23-28(2,26-30)31(4,5)29(3,27(32)33)24-22-25-37(34,35)36/h6-26,30H2,1-5H3,(H-,32,33,34,35,36). The SMILES string of the molecule is CCCCCCCCCCCCCCCCCCC(C)(CN)[N+](C)(C)C(C)(CCCS(=O)(=O)O)C(=O)[O-]. The average molecular weight is 549 g/mol. The zero-order valence-electron chi connectivity index (χ0n) is 24.9. The Labute approximate surface area is 229 Å². The average Bonchev–Trinajstić information content (AvgIpc) is 2.82. The molecule has 0 aliphatic rings. The summed E-state index contributed by atoms with van der Waals surface area (Å²) < 4.78 is 31.4. The van der Waals surface area contributed by atoms with Crippen LogP contribution in [0.25, 0.3) is 0 Å². The summed E-state index contributed by atoms with van der Waals surface area (Å²) >= 11 is 0. The van der Waals surface area contributed by atoms with Gasteiger partial charge in [-0.1, -0.05) is 103 Å². The summed E-state index contributed by atoms with van der Waals surface area (Å²) in [4.78, 5) is 12.2. The highest BCUT2D eigenvalue weighted by atomic mass is 32.2. The normalized spacial score (nSPS) is 15.9. The second-order valence-electron chi connectivity index (χ2n) is 12.2. The van der Waals surface area contributed by atoms with E-state index in [2.05, 4.69) is 6.92 Å². The van der Waals surface area contributed by atoms with Crippen molar-refractivity contribution in [2.24, 2.45) is 5.73 Å². The second-order valence-corrected chi connectivity index (χ2v) is 13.7. The lowest BCUT2D eigenvalue weighted by Crippen LogP contribution is -2.75. The van der Waals surface area contributed by atoms with Gasteiger partial charge >= 0.3 is 0 Å². The van der Waals surface area contributed by atoms with Crippen LogP contribution in [0.15, 0.2) is 0 Å². The highest BCUT2D eigenvalue weighted by Crippen LogP contribution is 2.37. The molecule has 8 heteroatoms. The Bertz CT molecular complexity index is 713. The van der Waals surface area contributed by atoms with E-state index >= 15 is 0 Å². The lowest BCUT2D eigenvalue weighted by atomic mass is 9.81. The van der Waals surface area contributed by atoms with Crippen LogP contribution >= 0.6 is 0 Å². The van der Waals surface area contributed by atoms with Gasteiger partial charge in [0.1, 0.15) is 17.0 Å². The molecule has 0 spiro atoms. The molecule has 0 fully saturated rings. The molecule has 0 saturated carbocycles. The first-order valence-electron chi connectivity index (χ1n) is 15.0. The van der Waals surface area contributed by atoms with E-state index < -0.39 is 32.9 Å². The van der Waals surface area contributed by atoms with Gasteiger partial charge in [-0.2, -0.15) is 8.42 Å². The molecule has 0 saturated heterocycles. The van der Waals surface area contributed by atoms with E-state index in [-0.39, 0.29) is 17.3 Å². The van der Waals surface area contributed by atoms with E-state index in [1.165, 1.54) is 89.9 Å². The maximum atomic E-state index is 12.2. The van der Waals surface area contributed by atoms with Gasteiger partial charge < -0.3 is 20.1 Å². The Kier molecular flexibility index (Phi) is 18.2. The minimum atomic E-state index is -4.14. The Morgan fingerprint density at radius 2 is 1.14 bits per heavy atom. The van der Waals surface area contributed by atoms with Gasteiger partial charge in [-0.3, -0.25) is 4.55 Å². The Morgan fingerprint density at radius 3 is 1.46 bits per heavy atom. The van der Waals surface area contributed by atoms with Gasteiger partial charge in [0, 0.05) is 19.4 Å². The van der Waals surface area contributed by atoms with Gasteiger partial charge in [-0.15, -0.1) is 0 Å². The van der Waals surface area contributed by atoms with Gasteiger partial charge in [-0.05, 0) is 26.7 Å². The Balaban J connectivity index is 4.32. The van der Waals surface area contributed by atoms with Crippen molar-refractivity contribution >= 4 is 16.1 Å². The monoisotopic (exact) mass is 548 g/mol. The zero-order chi connectivity index (χ0) is 28.4. The summed E-state index contributed by atoms with van der Waals surface area (Å²) in [6.07, 6.45) is 21.8. The van der Waals surface area contributed by atoms with Crippen LogP contribution in [0.5, 0.6) is 0 Å². The summed E-state index contributed by atoms with van der Waals surface area (Å²) in [6.45, 7) is 6.20. The molecule has 222 valence electrons. The van der Waals surface area contributed by atoms with E-state index in [0.717, 1.165) is 19.3 Å². The smallest absolute Gasteiger partial charge is 0.264 e. The van der Waals surface area contributed by atoms with Crippen LogP contribution < -0.4 is 10.8 Å². The predicted molar refractivity (Wildman–Crippen MR) is 153 cm³/mol. The number of unbranched alkanes of at least 4 members (excludes halogenated alkanes) is 15. The van der Waals surface area contributed by atoms with Gasteiger partial charge in [0.25, 0.3) is 10.1 Å². The lowest BCUT2D eigenvalue weighted by Gasteiger charge is -2.57. The number of nitrogens with zero attached hydrogens (tertiary/aromatic N) is 1. The molecule has 0 aliphatic carbocycles. The van der Waals surface area contributed by atoms with Crippen molar-refractivity contribution in [3.63, 3.8) is 0 Å². The molecule has 0 bridgehead atoms. The van der Waals surface area contributed by atoms with E-state index in [4.69, 9.17) is 10.3 Å². The molecule has 0 amide bonds. The fourth-order valence-corrected chi connectivity index (χ4v) is 5.98. The van der Waals surface area contributed by atoms with Crippen LogP contribution in [0, 0.1) is 0 Å². The molecule has 0 aromatic rings. The molecule has 0 rings (SSSR count). The highest BCUT2D eigenvalue weighted by molar-refractivity contribution is 7.85. The molecule has 0 aromatic heterocycles. The summed E-state index contributed by atoms with van der Waals surface area (Å²) in [5.74, 6) is -1.69. The van der Waals surface area contributed by atoms with E-state index in [1.54, 1.807) is 6.92 Å². The maximum Gasteiger partial charge on any atom is 0.264 e. The van der Waals surface area contributed by atoms with Gasteiger partial charge in [-0.25, -0.2) is 0 Å². The Morgan fingerprint density at radius 1 is 0.757 bits per heavy atom. The topological polar surface area (TPSA) is 121 Å². The molecule has 2 atom stereocenters. The van der Waals surface area contributed by atoms with Gasteiger partial charge in [0.15, 0.2) is 0 Å². The van der Waals surface area contributed by atoms with Crippen LogP contribution in [0.2, 0.25) is 0 Å². The quantitative estimate of drug-likeness (QED) is 0.0869. The number of hydrogen-bond donors (Lipinski definition) is 2. The fraction of sp³-hybridized carbons (Fsp3) is 0.966. The number of rotatable bonds is 25. The fourth-order valence-electron chi connectivity index (χ4n) is 5.47. The highest BCUT2D eigenvalue weighted by Gasteiger charge is 2.52. The van der Waals surface area contributed by atoms with Crippen LogP contribution in [-0.4, -0.2) is 60.9 Å². The molecular formula is C29H60N2O5S. The van der Waals surface area contributed by atoms with Crippen LogP contribution in [0.3, 0.4) is 0 Å². The van der Waals surface area contributed by atoms with Crippen molar-refractivity contribution < 1.29 is 27.4 Å². The van der Waals surface area contributed by atoms with Crippen molar-refractivity contribution in [3.8, 4) is 0 Å². The van der Waals surface area contributed by atoms with Crippen molar-refractivity contribution in [1.29, 1.82) is 0 Å². The molecular weight excluding hydrogens is 488 g/mol. The first-order valence-corrected chi connectivity index (χ1v) is 16.6. The first kappa shape index (κ1) is 36.3. The predicted octanol–water partition coefficient (Wildman–Crippen LogP) is 5.61. The largest absolute Gasteiger partial charge is 0.544 e. The lowest BCUT2D eigenvalue weighted by molar-refractivity contribution is -0.977. The van der Waals surface area contributed by atoms with Crippen molar-refractivity contribution in [3.05, 3.63) is 0 Å². The van der Waals surface area contributed by atoms with Crippen molar-refractivity contribution in [2.45, 2.75) is 154 Å². The number of aliphatic carboxylic acids is 1. The first-order chi connectivity index (χ1) is 17.3. The number of carboxylic acids is 1. The van der Waals surface area contributed by atoms with E-state index in [9.17, 15) is 18.3 Å². The summed E-state index contributed by atoms with van der Waals surface area (Å²) in [6, 6.07) is 0. The Hall–Kier alpha value is -0.700. The van der Waals surface area contributed by atoms with Crippen LogP contribution in [0.1, 0.15) is 143 Å². The summed E-state index contributed by atoms with van der Waals surface area (Å²) in [5, 5.41) is 12.2. The number of likely N-dealkylation sites (N-methyl/N-ethyl adjacent to an activating group) is 1. The third-order valence-electron chi connectivity index (χ3n) is 9.10. The molecule has 3 N–H and O–H groups in total. The van der Waals surface area contributed by atoms with Crippen LogP contribution in [-0.2, 0) is 14.9 Å². The zero-order valence-corrected chi connectivity index (χ0v) is 25.7. The number of carboxylic acid groups (broad SMARTS) is 1. The van der Waals surface area contributed by atoms with Gasteiger partial charge in [0.05, 0.1) is 19.8 Å². The third-order valence-corrected chi connectivity index (χ3v) is 9.90. The number of hydrogen-bond acceptors (Lipinski definition) is 5. The van der Waals surface area contributed by atoms with Crippen molar-refractivity contribution in [2.75, 3.05) is 26.4 Å². The molecule has 7 nitrogen and oxygen atoms in total. The van der Waals surface area contributed by atoms with Gasteiger partial charge in [0.2, 0.25) is 0 Å². The van der Waals surface area contributed by atoms with Crippen molar-refractivity contribution in [1.82, 2.24) is 0 Å². The number of carbonyl (C=O) groups is 1. The molecule has 0 aromatic carbocycles. The number of nitrogens with two attached hydrogens (primary N) is 1. The molecule has 0 radical (unpaired) electrons. The summed E-state index contributed by atoms with van der Waals surface area (Å²) in [5.41, 5.74) is 4.37. The molecule has 2 unspecified atom stereocenters. The minimum absolute atomic E-state index is 0.0463. The van der Waals surface area contributed by atoms with Crippen LogP contribution in [0.4, 0.5) is 0 Å². The summed E-state index contributed by atoms with van der Waals surface area (Å²) in [7, 11) is -0.443. The maximum absolute atomic E-state index is 12.2. The second kappa shape index (κ2) is 18.6. The minimum Gasteiger partial charge on any atom is -0.544 e. The van der Waals surface area contributed by atoms with E-state index in [1.807, 2.05) is 21.0 Å². The number of quaternary nitrogens is 1. The molecule has 37 heavy (non-hydrogen) atoms. The number of carbonyl (C=O) groups excluding carboxylic acids is 1. The van der Waals surface area contributed by atoms with E-state index in [0.29, 0.717) is 6.54 Å². The molecule has 0 aliphatic heterocycles. The molecule has 0 heterocycles.